The Labute approximate surface area is 156 Å². The molecule has 148 valence electrons. The first-order chi connectivity index (χ1) is 12.1. The van der Waals surface area contributed by atoms with Crippen molar-refractivity contribution in [1.29, 1.82) is 0 Å². The molecule has 3 N–H and O–H groups in total. The van der Waals surface area contributed by atoms with Crippen molar-refractivity contribution < 1.29 is 16.8 Å². The molecular formula is C16H28N4O4S2. The highest BCUT2D eigenvalue weighted by atomic mass is 32.2. The molecule has 0 saturated heterocycles. The van der Waals surface area contributed by atoms with Gasteiger partial charge in [0, 0.05) is 32.4 Å². The third-order valence-corrected chi connectivity index (χ3v) is 5.83. The topological polar surface area (TPSA) is 117 Å². The second-order valence-electron chi connectivity index (χ2n) is 6.09. The highest BCUT2D eigenvalue weighted by Crippen LogP contribution is 1.99. The Bertz CT molecular complexity index is 778. The van der Waals surface area contributed by atoms with E-state index >= 15 is 0 Å². The molecule has 1 aromatic carbocycles. The molecule has 26 heavy (non-hydrogen) atoms. The fourth-order valence-corrected chi connectivity index (χ4v) is 3.74. The molecule has 10 heteroatoms. The Balaban J connectivity index is 2.36. The zero-order valence-corrected chi connectivity index (χ0v) is 17.0. The standard InChI is InChI=1S/C16H28N4O4S2/c1-14(9-11-25(3,21)22)20-16(17-2)18-10-12-26(23,24)19-13-15-7-5-4-6-8-15/h4-8,14,19H,9-13H2,1-3H3,(H2,17,18,20). The summed E-state index contributed by atoms with van der Waals surface area (Å²) in [5.74, 6) is 0.415. The van der Waals surface area contributed by atoms with Gasteiger partial charge in [0.2, 0.25) is 10.0 Å². The first-order valence-corrected chi connectivity index (χ1v) is 12.0. The number of nitrogens with zero attached hydrogens (tertiary/aromatic N) is 1. The smallest absolute Gasteiger partial charge is 0.213 e. The molecular weight excluding hydrogens is 376 g/mol. The summed E-state index contributed by atoms with van der Waals surface area (Å²) in [5, 5.41) is 5.96. The molecule has 0 aromatic heterocycles. The predicted octanol–water partition coefficient (Wildman–Crippen LogP) is 0.0942. The molecule has 8 nitrogen and oxygen atoms in total. The first-order valence-electron chi connectivity index (χ1n) is 8.27. The van der Waals surface area contributed by atoms with Crippen LogP contribution >= 0.6 is 0 Å². The predicted molar refractivity (Wildman–Crippen MR) is 105 cm³/mol. The van der Waals surface area contributed by atoms with Crippen molar-refractivity contribution in [3.63, 3.8) is 0 Å². The monoisotopic (exact) mass is 404 g/mol. The van der Waals surface area contributed by atoms with Crippen molar-refractivity contribution in [1.82, 2.24) is 15.4 Å². The number of guanidine groups is 1. The van der Waals surface area contributed by atoms with E-state index in [1.165, 1.54) is 6.26 Å². The summed E-state index contributed by atoms with van der Waals surface area (Å²) in [6.07, 6.45) is 1.64. The van der Waals surface area contributed by atoms with Crippen molar-refractivity contribution in [2.24, 2.45) is 4.99 Å². The van der Waals surface area contributed by atoms with Crippen LogP contribution in [-0.2, 0) is 26.4 Å². The number of benzene rings is 1. The second-order valence-corrected chi connectivity index (χ2v) is 10.3. The van der Waals surface area contributed by atoms with Gasteiger partial charge in [0.25, 0.3) is 0 Å². The largest absolute Gasteiger partial charge is 0.355 e. The van der Waals surface area contributed by atoms with Crippen LogP contribution in [0.2, 0.25) is 0 Å². The zero-order valence-electron chi connectivity index (χ0n) is 15.4. The van der Waals surface area contributed by atoms with Crippen LogP contribution in [0, 0.1) is 0 Å². The quantitative estimate of drug-likeness (QED) is 0.376. The molecule has 0 fully saturated rings. The van der Waals surface area contributed by atoms with Crippen LogP contribution in [0.5, 0.6) is 0 Å². The lowest BCUT2D eigenvalue weighted by atomic mass is 10.2. The minimum Gasteiger partial charge on any atom is -0.355 e. The molecule has 1 unspecified atom stereocenters. The molecule has 1 aromatic rings. The average Bonchev–Trinajstić information content (AvgIpc) is 2.57. The van der Waals surface area contributed by atoms with Crippen LogP contribution in [0.15, 0.2) is 35.3 Å². The van der Waals surface area contributed by atoms with Gasteiger partial charge >= 0.3 is 0 Å². The van der Waals surface area contributed by atoms with Gasteiger partial charge in [-0.25, -0.2) is 21.6 Å². The SMILES string of the molecule is CN=C(NCCS(=O)(=O)NCc1ccccc1)NC(C)CCS(C)(=O)=O. The summed E-state index contributed by atoms with van der Waals surface area (Å²) in [6.45, 7) is 2.28. The van der Waals surface area contributed by atoms with E-state index in [0.717, 1.165) is 5.56 Å². The summed E-state index contributed by atoms with van der Waals surface area (Å²) in [7, 11) is -4.86. The second kappa shape index (κ2) is 10.5. The van der Waals surface area contributed by atoms with Gasteiger partial charge in [-0.2, -0.15) is 0 Å². The van der Waals surface area contributed by atoms with Gasteiger partial charge in [0.1, 0.15) is 9.84 Å². The van der Waals surface area contributed by atoms with Crippen LogP contribution in [-0.4, -0.2) is 60.2 Å². The van der Waals surface area contributed by atoms with Crippen LogP contribution < -0.4 is 15.4 Å². The number of hydrogen-bond donors (Lipinski definition) is 3. The summed E-state index contributed by atoms with van der Waals surface area (Å²) in [4.78, 5) is 4.02. The minimum atomic E-state index is -3.42. The van der Waals surface area contributed by atoms with E-state index in [4.69, 9.17) is 0 Å². The molecule has 0 bridgehead atoms. The van der Waals surface area contributed by atoms with Crippen LogP contribution in [0.1, 0.15) is 18.9 Å². The lowest BCUT2D eigenvalue weighted by Crippen LogP contribution is -2.44. The summed E-state index contributed by atoms with van der Waals surface area (Å²) in [5.41, 5.74) is 0.890. The molecule has 0 aliphatic rings. The molecule has 0 aliphatic heterocycles. The summed E-state index contributed by atoms with van der Waals surface area (Å²) < 4.78 is 49.0. The maximum Gasteiger partial charge on any atom is 0.213 e. The number of rotatable bonds is 10. The van der Waals surface area contributed by atoms with E-state index in [1.54, 1.807) is 7.05 Å². The highest BCUT2D eigenvalue weighted by Gasteiger charge is 2.12. The number of sulfonamides is 1. The molecule has 0 radical (unpaired) electrons. The number of hydrogen-bond acceptors (Lipinski definition) is 5. The number of sulfone groups is 1. The summed E-state index contributed by atoms with van der Waals surface area (Å²) in [6, 6.07) is 9.17. The van der Waals surface area contributed by atoms with E-state index in [0.29, 0.717) is 12.4 Å². The molecule has 0 heterocycles. The maximum atomic E-state index is 12.0. The van der Waals surface area contributed by atoms with Crippen LogP contribution in [0.25, 0.3) is 0 Å². The lowest BCUT2D eigenvalue weighted by Gasteiger charge is -2.17. The van der Waals surface area contributed by atoms with E-state index in [2.05, 4.69) is 20.3 Å². The van der Waals surface area contributed by atoms with Gasteiger partial charge in [0.15, 0.2) is 5.96 Å². The van der Waals surface area contributed by atoms with Gasteiger partial charge < -0.3 is 10.6 Å². The minimum absolute atomic E-state index is 0.0793. The average molecular weight is 405 g/mol. The molecule has 1 atom stereocenters. The number of aliphatic imine (C=N–C) groups is 1. The lowest BCUT2D eigenvalue weighted by molar-refractivity contribution is 0.575. The Morgan fingerprint density at radius 2 is 1.77 bits per heavy atom. The summed E-state index contributed by atoms with van der Waals surface area (Å²) >= 11 is 0. The van der Waals surface area contributed by atoms with Gasteiger partial charge in [-0.1, -0.05) is 30.3 Å². The van der Waals surface area contributed by atoms with E-state index in [-0.39, 0.29) is 30.6 Å². The Kier molecular flexibility index (Phi) is 9.03. The zero-order chi connectivity index (χ0) is 19.6. The normalized spacial score (nSPS) is 14.0. The van der Waals surface area contributed by atoms with Gasteiger partial charge in [0.05, 0.1) is 11.5 Å². The maximum absolute atomic E-state index is 12.0. The first kappa shape index (κ1) is 22.4. The van der Waals surface area contributed by atoms with E-state index < -0.39 is 19.9 Å². The van der Waals surface area contributed by atoms with Gasteiger partial charge in [-0.3, -0.25) is 4.99 Å². The highest BCUT2D eigenvalue weighted by molar-refractivity contribution is 7.90. The molecule has 0 aliphatic carbocycles. The fourth-order valence-electron chi connectivity index (χ4n) is 2.06. The Hall–Kier alpha value is -1.65. The molecule has 0 spiro atoms. The third kappa shape index (κ3) is 10.4. The Morgan fingerprint density at radius 1 is 1.12 bits per heavy atom. The Morgan fingerprint density at radius 3 is 2.35 bits per heavy atom. The number of nitrogens with one attached hydrogen (secondary N) is 3. The van der Waals surface area contributed by atoms with E-state index in [9.17, 15) is 16.8 Å². The molecule has 0 saturated carbocycles. The van der Waals surface area contributed by atoms with E-state index in [1.807, 2.05) is 37.3 Å². The molecule has 1 rings (SSSR count). The van der Waals surface area contributed by atoms with Crippen LogP contribution in [0.4, 0.5) is 0 Å². The molecule has 0 amide bonds. The third-order valence-electron chi connectivity index (χ3n) is 3.53. The van der Waals surface area contributed by atoms with Crippen molar-refractivity contribution in [3.8, 4) is 0 Å². The van der Waals surface area contributed by atoms with Gasteiger partial charge in [-0.05, 0) is 18.9 Å². The van der Waals surface area contributed by atoms with Crippen molar-refractivity contribution in [3.05, 3.63) is 35.9 Å². The van der Waals surface area contributed by atoms with Gasteiger partial charge in [-0.15, -0.1) is 0 Å². The van der Waals surface area contributed by atoms with Crippen molar-refractivity contribution in [2.45, 2.75) is 25.9 Å². The van der Waals surface area contributed by atoms with Crippen molar-refractivity contribution >= 4 is 25.8 Å². The van der Waals surface area contributed by atoms with Crippen molar-refractivity contribution in [2.75, 3.05) is 31.4 Å². The van der Waals surface area contributed by atoms with Crippen LogP contribution in [0.3, 0.4) is 0 Å². The fraction of sp³-hybridized carbons (Fsp3) is 0.562.